The molecule has 0 fully saturated rings. The largest absolute Gasteiger partial charge is 0.216 e. The highest BCUT2D eigenvalue weighted by Gasteiger charge is 2.11. The van der Waals surface area contributed by atoms with Gasteiger partial charge in [-0.2, -0.15) is 0 Å². The van der Waals surface area contributed by atoms with Crippen molar-refractivity contribution in [3.05, 3.63) is 57.8 Å². The van der Waals surface area contributed by atoms with E-state index in [0.717, 1.165) is 10.4 Å². The van der Waals surface area contributed by atoms with Crippen molar-refractivity contribution in [2.45, 2.75) is 19.2 Å². The summed E-state index contributed by atoms with van der Waals surface area (Å²) in [6.45, 7) is 2.38. The van der Waals surface area contributed by atoms with Crippen molar-refractivity contribution in [1.82, 2.24) is 4.72 Å². The molecule has 0 spiro atoms. The van der Waals surface area contributed by atoms with E-state index in [0.29, 0.717) is 6.54 Å². The average molecular weight is 281 g/mol. The quantitative estimate of drug-likeness (QED) is 0.916. The topological polar surface area (TPSA) is 46.2 Å². The van der Waals surface area contributed by atoms with E-state index >= 15 is 0 Å². The standard InChI is InChI=1S/C13H15NO2S2/c1-11-7-8-13(17-11)9-14-18(15,16)10-12-5-3-2-4-6-12/h2-8,14H,9-10H2,1H3. The smallest absolute Gasteiger partial charge is 0.212 e. The number of aryl methyl sites for hydroxylation is 1. The third-order valence-electron chi connectivity index (χ3n) is 2.46. The number of hydrogen-bond acceptors (Lipinski definition) is 3. The van der Waals surface area contributed by atoms with Crippen LogP contribution in [0.1, 0.15) is 15.3 Å². The van der Waals surface area contributed by atoms with E-state index in [1.807, 2.05) is 49.4 Å². The first kappa shape index (κ1) is 13.3. The monoisotopic (exact) mass is 281 g/mol. The molecule has 0 bridgehead atoms. The molecule has 0 radical (unpaired) electrons. The van der Waals surface area contributed by atoms with Crippen LogP contribution < -0.4 is 4.72 Å². The van der Waals surface area contributed by atoms with Gasteiger partial charge in [0, 0.05) is 16.3 Å². The Hall–Kier alpha value is -1.17. The highest BCUT2D eigenvalue weighted by molar-refractivity contribution is 7.88. The second kappa shape index (κ2) is 5.65. The van der Waals surface area contributed by atoms with Gasteiger partial charge in [0.05, 0.1) is 5.75 Å². The first-order valence-electron chi connectivity index (χ1n) is 5.62. The molecule has 1 heterocycles. The molecule has 96 valence electrons. The molecule has 5 heteroatoms. The van der Waals surface area contributed by atoms with Gasteiger partial charge in [0.2, 0.25) is 10.0 Å². The minimum absolute atomic E-state index is 0.0260. The lowest BCUT2D eigenvalue weighted by Crippen LogP contribution is -2.24. The molecule has 3 nitrogen and oxygen atoms in total. The van der Waals surface area contributed by atoms with Gasteiger partial charge in [0.25, 0.3) is 0 Å². The van der Waals surface area contributed by atoms with Gasteiger partial charge in [-0.05, 0) is 24.6 Å². The zero-order valence-electron chi connectivity index (χ0n) is 10.1. The van der Waals surface area contributed by atoms with Crippen LogP contribution >= 0.6 is 11.3 Å². The second-order valence-electron chi connectivity index (χ2n) is 4.08. The van der Waals surface area contributed by atoms with Gasteiger partial charge in [0.1, 0.15) is 0 Å². The SMILES string of the molecule is Cc1ccc(CNS(=O)(=O)Cc2ccccc2)s1. The summed E-state index contributed by atoms with van der Waals surface area (Å²) in [5.74, 6) is 0.0260. The Morgan fingerprint density at radius 3 is 2.44 bits per heavy atom. The minimum Gasteiger partial charge on any atom is -0.212 e. The maximum atomic E-state index is 11.9. The maximum Gasteiger partial charge on any atom is 0.216 e. The number of rotatable bonds is 5. The Bertz CT molecular complexity index is 603. The number of hydrogen-bond donors (Lipinski definition) is 1. The summed E-state index contributed by atoms with van der Waals surface area (Å²) in [4.78, 5) is 2.22. The molecule has 0 saturated carbocycles. The molecule has 2 rings (SSSR count). The van der Waals surface area contributed by atoms with Crippen LogP contribution in [0.15, 0.2) is 42.5 Å². The third-order valence-corrected chi connectivity index (χ3v) is 4.76. The van der Waals surface area contributed by atoms with Crippen LogP contribution in [-0.4, -0.2) is 8.42 Å². The van der Waals surface area contributed by atoms with E-state index in [1.165, 1.54) is 4.88 Å². The fourth-order valence-corrected chi connectivity index (χ4v) is 3.64. The van der Waals surface area contributed by atoms with E-state index < -0.39 is 10.0 Å². The summed E-state index contributed by atoms with van der Waals surface area (Å²) >= 11 is 1.61. The van der Waals surface area contributed by atoms with Gasteiger partial charge in [-0.15, -0.1) is 11.3 Å². The van der Waals surface area contributed by atoms with Crippen LogP contribution in [0.5, 0.6) is 0 Å². The van der Waals surface area contributed by atoms with Gasteiger partial charge in [-0.1, -0.05) is 30.3 Å². The van der Waals surface area contributed by atoms with Crippen molar-refractivity contribution in [1.29, 1.82) is 0 Å². The van der Waals surface area contributed by atoms with Gasteiger partial charge in [-0.25, -0.2) is 13.1 Å². The average Bonchev–Trinajstić information content (AvgIpc) is 2.74. The van der Waals surface area contributed by atoms with Crippen LogP contribution in [0.2, 0.25) is 0 Å². The van der Waals surface area contributed by atoms with E-state index in [9.17, 15) is 8.42 Å². The molecule has 0 aliphatic rings. The number of sulfonamides is 1. The van der Waals surface area contributed by atoms with E-state index in [4.69, 9.17) is 0 Å². The highest BCUT2D eigenvalue weighted by Crippen LogP contribution is 2.15. The molecule has 0 aliphatic heterocycles. The van der Waals surface area contributed by atoms with Crippen LogP contribution in [0.25, 0.3) is 0 Å². The fourth-order valence-electron chi connectivity index (χ4n) is 1.61. The van der Waals surface area contributed by atoms with Crippen molar-refractivity contribution >= 4 is 21.4 Å². The number of thiophene rings is 1. The molecule has 0 saturated heterocycles. The van der Waals surface area contributed by atoms with E-state index in [-0.39, 0.29) is 5.75 Å². The number of nitrogens with one attached hydrogen (secondary N) is 1. The van der Waals surface area contributed by atoms with Gasteiger partial charge in [0.15, 0.2) is 0 Å². The maximum absolute atomic E-state index is 11.9. The molecule has 0 unspecified atom stereocenters. The van der Waals surface area contributed by atoms with Gasteiger partial charge >= 0.3 is 0 Å². The summed E-state index contributed by atoms with van der Waals surface area (Å²) in [6, 6.07) is 13.1. The number of benzene rings is 1. The Morgan fingerprint density at radius 2 is 1.83 bits per heavy atom. The summed E-state index contributed by atoms with van der Waals surface area (Å²) < 4.78 is 26.4. The lowest BCUT2D eigenvalue weighted by atomic mass is 10.2. The Balaban J connectivity index is 1.96. The van der Waals surface area contributed by atoms with Crippen molar-refractivity contribution in [2.75, 3.05) is 0 Å². The molecule has 1 aromatic heterocycles. The zero-order chi connectivity index (χ0) is 13.0. The second-order valence-corrected chi connectivity index (χ2v) is 7.26. The first-order chi connectivity index (χ1) is 8.55. The molecule has 1 aromatic carbocycles. The molecule has 0 amide bonds. The fraction of sp³-hybridized carbons (Fsp3) is 0.231. The summed E-state index contributed by atoms with van der Waals surface area (Å²) in [5.41, 5.74) is 0.798. The van der Waals surface area contributed by atoms with E-state index in [2.05, 4.69) is 4.72 Å². The predicted molar refractivity (Wildman–Crippen MR) is 75.0 cm³/mol. The lowest BCUT2D eigenvalue weighted by molar-refractivity contribution is 0.581. The Labute approximate surface area is 112 Å². The zero-order valence-corrected chi connectivity index (χ0v) is 11.7. The first-order valence-corrected chi connectivity index (χ1v) is 8.09. The van der Waals surface area contributed by atoms with Crippen LogP contribution in [0.4, 0.5) is 0 Å². The molecule has 2 aromatic rings. The van der Waals surface area contributed by atoms with Crippen LogP contribution in [0, 0.1) is 6.92 Å². The van der Waals surface area contributed by atoms with Gasteiger partial charge in [-0.3, -0.25) is 0 Å². The Morgan fingerprint density at radius 1 is 1.11 bits per heavy atom. The Kier molecular flexibility index (Phi) is 4.16. The van der Waals surface area contributed by atoms with Crippen molar-refractivity contribution in [3.63, 3.8) is 0 Å². The molecular formula is C13H15NO2S2. The highest BCUT2D eigenvalue weighted by atomic mass is 32.2. The van der Waals surface area contributed by atoms with Crippen molar-refractivity contribution in [3.8, 4) is 0 Å². The summed E-state index contributed by atoms with van der Waals surface area (Å²) in [7, 11) is -3.27. The molecule has 0 atom stereocenters. The van der Waals surface area contributed by atoms with Gasteiger partial charge < -0.3 is 0 Å². The lowest BCUT2D eigenvalue weighted by Gasteiger charge is -2.05. The van der Waals surface area contributed by atoms with E-state index in [1.54, 1.807) is 11.3 Å². The summed E-state index contributed by atoms with van der Waals surface area (Å²) in [5, 5.41) is 0. The third kappa shape index (κ3) is 3.94. The predicted octanol–water partition coefficient (Wildman–Crippen LogP) is 2.68. The van der Waals surface area contributed by atoms with Crippen LogP contribution in [0.3, 0.4) is 0 Å². The molecule has 1 N–H and O–H groups in total. The normalized spacial score (nSPS) is 11.6. The molecule has 0 aliphatic carbocycles. The minimum atomic E-state index is -3.27. The van der Waals surface area contributed by atoms with Crippen molar-refractivity contribution < 1.29 is 8.42 Å². The summed E-state index contributed by atoms with van der Waals surface area (Å²) in [6.07, 6.45) is 0. The molecule has 18 heavy (non-hydrogen) atoms. The van der Waals surface area contributed by atoms with Crippen molar-refractivity contribution in [2.24, 2.45) is 0 Å². The van der Waals surface area contributed by atoms with Crippen LogP contribution in [-0.2, 0) is 22.3 Å². The molecular weight excluding hydrogens is 266 g/mol.